The van der Waals surface area contributed by atoms with Crippen molar-refractivity contribution in [3.05, 3.63) is 52.7 Å². The Morgan fingerprint density at radius 2 is 1.78 bits per heavy atom. The number of amides is 2. The fourth-order valence-corrected chi connectivity index (χ4v) is 6.56. The minimum Gasteiger partial charge on any atom is -0.481 e. The molecule has 16 heteroatoms. The van der Waals surface area contributed by atoms with Gasteiger partial charge in [0, 0.05) is 61.4 Å². The molecule has 0 spiro atoms. The third-order valence-electron chi connectivity index (χ3n) is 8.47. The number of hydrogen-bond acceptors (Lipinski definition) is 11. The van der Waals surface area contributed by atoms with Crippen molar-refractivity contribution in [3.63, 3.8) is 0 Å². The lowest BCUT2D eigenvalue weighted by Crippen LogP contribution is -2.51. The molecule has 3 unspecified atom stereocenters. The van der Waals surface area contributed by atoms with Crippen LogP contribution in [0, 0.1) is 0 Å². The number of piperazine rings is 1. The van der Waals surface area contributed by atoms with Crippen LogP contribution in [-0.4, -0.2) is 125 Å². The second-order valence-corrected chi connectivity index (χ2v) is 14.1. The number of carbonyl (C=O) groups is 4. The number of thioether (sulfide) groups is 1. The van der Waals surface area contributed by atoms with Gasteiger partial charge in [-0.3, -0.25) is 24.2 Å². The SMILES string of the molecule is CC=C(Cl)/C=C1/N=C(N2CCN(C)CC2)c2ccccc2N=C1CCSCC(NC(=O)CCC(N)C(=O)O)C(=O)NC(CCCCN)CC(=O)O. The number of benzene rings is 1. The average molecular weight is 747 g/mol. The van der Waals surface area contributed by atoms with Crippen molar-refractivity contribution < 1.29 is 29.4 Å². The Morgan fingerprint density at radius 1 is 1.06 bits per heavy atom. The molecule has 2 aliphatic heterocycles. The van der Waals surface area contributed by atoms with Gasteiger partial charge in [0.15, 0.2) is 0 Å². The van der Waals surface area contributed by atoms with E-state index in [4.69, 9.17) is 38.2 Å². The normalized spacial score (nSPS) is 17.8. The summed E-state index contributed by atoms with van der Waals surface area (Å²) in [5, 5.41) is 24.5. The fraction of sp³-hybridized carbons (Fsp3) is 0.543. The van der Waals surface area contributed by atoms with E-state index < -0.39 is 41.9 Å². The first-order valence-corrected chi connectivity index (χ1v) is 18.8. The minimum absolute atomic E-state index is 0.106. The number of hydrogen-bond donors (Lipinski definition) is 6. The molecule has 51 heavy (non-hydrogen) atoms. The molecule has 3 atom stereocenters. The maximum absolute atomic E-state index is 13.5. The highest BCUT2D eigenvalue weighted by molar-refractivity contribution is 7.99. The number of para-hydroxylation sites is 1. The highest BCUT2D eigenvalue weighted by Gasteiger charge is 2.27. The standard InChI is InChI=1S/C35H51ClN8O6S/c1-3-23(36)20-29-28(40-27-10-5-4-9-25(27)33(42-29)44-17-15-43(2)16-18-44)13-19-51-22-30(41-31(45)12-11-26(38)35(49)50)34(48)39-24(21-32(46)47)8-6-7-14-37/h3-5,9-10,20,24,26,30H,6-8,11-19,21-22,37-38H2,1-2H3,(H,39,48)(H,41,45)(H,46,47)(H,49,50)/b23-3?,29-20+. The molecular weight excluding hydrogens is 696 g/mol. The summed E-state index contributed by atoms with van der Waals surface area (Å²) in [5.41, 5.74) is 14.2. The molecule has 1 aromatic rings. The van der Waals surface area contributed by atoms with Gasteiger partial charge in [-0.25, -0.2) is 4.99 Å². The van der Waals surface area contributed by atoms with Gasteiger partial charge in [-0.05, 0) is 63.7 Å². The quantitative estimate of drug-likeness (QED) is 0.113. The zero-order chi connectivity index (χ0) is 37.3. The lowest BCUT2D eigenvalue weighted by atomic mass is 10.1. The molecule has 14 nitrogen and oxygen atoms in total. The first-order chi connectivity index (χ1) is 24.4. The molecule has 0 radical (unpaired) electrons. The van der Waals surface area contributed by atoms with E-state index in [1.54, 1.807) is 12.2 Å². The van der Waals surface area contributed by atoms with E-state index in [-0.39, 0.29) is 25.0 Å². The average Bonchev–Trinajstić information content (AvgIpc) is 3.25. The van der Waals surface area contributed by atoms with E-state index in [0.717, 1.165) is 43.3 Å². The summed E-state index contributed by atoms with van der Waals surface area (Å²) in [6, 6.07) is 5.00. The van der Waals surface area contributed by atoms with Crippen LogP contribution in [0.4, 0.5) is 5.69 Å². The molecule has 1 aromatic carbocycles. The zero-order valence-corrected chi connectivity index (χ0v) is 30.9. The largest absolute Gasteiger partial charge is 0.481 e. The molecule has 8 N–H and O–H groups in total. The summed E-state index contributed by atoms with van der Waals surface area (Å²) in [4.78, 5) is 63.7. The van der Waals surface area contributed by atoms with Gasteiger partial charge in [0.05, 0.1) is 23.5 Å². The van der Waals surface area contributed by atoms with E-state index in [2.05, 4.69) is 27.5 Å². The van der Waals surface area contributed by atoms with Crippen LogP contribution in [-0.2, 0) is 19.2 Å². The number of carboxylic acid groups (broad SMARTS) is 2. The summed E-state index contributed by atoms with van der Waals surface area (Å²) < 4.78 is 0. The lowest BCUT2D eigenvalue weighted by Gasteiger charge is -2.34. The number of fused-ring (bicyclic) bond motifs is 1. The molecular formula is C35H51ClN8O6S. The van der Waals surface area contributed by atoms with Crippen LogP contribution in [0.1, 0.15) is 57.4 Å². The highest BCUT2D eigenvalue weighted by atomic mass is 35.5. The predicted octanol–water partition coefficient (Wildman–Crippen LogP) is 2.68. The van der Waals surface area contributed by atoms with Crippen LogP contribution in [0.25, 0.3) is 0 Å². The van der Waals surface area contributed by atoms with Crippen LogP contribution in [0.2, 0.25) is 0 Å². The van der Waals surface area contributed by atoms with Gasteiger partial charge in [-0.15, -0.1) is 0 Å². The molecule has 2 aliphatic rings. The molecule has 280 valence electrons. The smallest absolute Gasteiger partial charge is 0.320 e. The number of nitrogens with zero attached hydrogens (tertiary/aromatic N) is 4. The van der Waals surface area contributed by atoms with E-state index in [0.29, 0.717) is 54.4 Å². The number of nitrogens with one attached hydrogen (secondary N) is 2. The molecule has 0 aliphatic carbocycles. The Labute approximate surface area is 308 Å². The Morgan fingerprint density at radius 3 is 2.45 bits per heavy atom. The first-order valence-electron chi connectivity index (χ1n) is 17.2. The van der Waals surface area contributed by atoms with Crippen LogP contribution in [0.5, 0.6) is 0 Å². The van der Waals surface area contributed by atoms with Crippen molar-refractivity contribution in [1.82, 2.24) is 20.4 Å². The van der Waals surface area contributed by atoms with Crippen molar-refractivity contribution >= 4 is 64.4 Å². The van der Waals surface area contributed by atoms with Crippen molar-refractivity contribution in [2.45, 2.75) is 70.0 Å². The van der Waals surface area contributed by atoms with Gasteiger partial charge in [-0.2, -0.15) is 11.8 Å². The van der Waals surface area contributed by atoms with Crippen LogP contribution in [0.3, 0.4) is 0 Å². The monoisotopic (exact) mass is 746 g/mol. The molecule has 1 saturated heterocycles. The number of aliphatic imine (C=N–C) groups is 2. The molecule has 0 saturated carbocycles. The predicted molar refractivity (Wildman–Crippen MR) is 203 cm³/mol. The Balaban J connectivity index is 1.80. The van der Waals surface area contributed by atoms with Crippen molar-refractivity contribution in [2.75, 3.05) is 51.3 Å². The van der Waals surface area contributed by atoms with Crippen molar-refractivity contribution in [3.8, 4) is 0 Å². The molecule has 2 amide bonds. The molecule has 3 rings (SSSR count). The van der Waals surface area contributed by atoms with E-state index in [1.165, 1.54) is 11.8 Å². The van der Waals surface area contributed by atoms with Gasteiger partial charge in [0.1, 0.15) is 17.9 Å². The Hall–Kier alpha value is -3.76. The second-order valence-electron chi connectivity index (χ2n) is 12.5. The Bertz CT molecular complexity index is 1490. The maximum Gasteiger partial charge on any atom is 0.320 e. The maximum atomic E-state index is 13.5. The van der Waals surface area contributed by atoms with Gasteiger partial charge in [0.2, 0.25) is 11.8 Å². The zero-order valence-electron chi connectivity index (χ0n) is 29.4. The second kappa shape index (κ2) is 21.6. The minimum atomic E-state index is -1.23. The molecule has 0 bridgehead atoms. The fourth-order valence-electron chi connectivity index (χ4n) is 5.48. The van der Waals surface area contributed by atoms with Crippen molar-refractivity contribution in [1.29, 1.82) is 0 Å². The van der Waals surface area contributed by atoms with E-state index in [1.807, 2.05) is 31.2 Å². The number of allylic oxidation sites excluding steroid dienone is 4. The van der Waals surface area contributed by atoms with E-state index >= 15 is 0 Å². The number of rotatable bonds is 19. The van der Waals surface area contributed by atoms with Crippen LogP contribution in [0.15, 0.2) is 57.1 Å². The van der Waals surface area contributed by atoms with Gasteiger partial charge in [0.25, 0.3) is 0 Å². The summed E-state index contributed by atoms with van der Waals surface area (Å²) in [5.74, 6) is -1.84. The molecule has 0 aromatic heterocycles. The number of likely N-dealkylation sites (N-methyl/N-ethyl adjacent to an activating group) is 1. The Kier molecular flexibility index (Phi) is 17.6. The van der Waals surface area contributed by atoms with Crippen LogP contribution >= 0.6 is 23.4 Å². The first kappa shape index (κ1) is 41.7. The van der Waals surface area contributed by atoms with Gasteiger partial charge >= 0.3 is 11.9 Å². The summed E-state index contributed by atoms with van der Waals surface area (Å²) >= 11 is 7.92. The highest BCUT2D eigenvalue weighted by Crippen LogP contribution is 2.29. The summed E-state index contributed by atoms with van der Waals surface area (Å²) in [6.07, 6.45) is 5.20. The molecule has 2 heterocycles. The topological polar surface area (TPSA) is 216 Å². The number of carbonyl (C=O) groups excluding carboxylic acids is 2. The number of carboxylic acids is 2. The number of aliphatic carboxylic acids is 2. The van der Waals surface area contributed by atoms with Gasteiger partial charge in [-0.1, -0.05) is 36.2 Å². The number of nitrogens with two attached hydrogens (primary N) is 2. The number of unbranched alkanes of at least 4 members (excludes halogenated alkanes) is 1. The van der Waals surface area contributed by atoms with E-state index in [9.17, 15) is 24.3 Å². The molecule has 1 fully saturated rings. The summed E-state index contributed by atoms with van der Waals surface area (Å²) in [7, 11) is 2.10. The third-order valence-corrected chi connectivity index (χ3v) is 9.86. The lowest BCUT2D eigenvalue weighted by molar-refractivity contribution is -0.140. The summed E-state index contributed by atoms with van der Waals surface area (Å²) in [6.45, 7) is 5.73. The van der Waals surface area contributed by atoms with Crippen LogP contribution < -0.4 is 22.1 Å². The van der Waals surface area contributed by atoms with Gasteiger partial charge < -0.3 is 42.1 Å². The van der Waals surface area contributed by atoms with Crippen molar-refractivity contribution in [2.24, 2.45) is 21.5 Å². The number of amidine groups is 1. The number of halogens is 1. The third kappa shape index (κ3) is 14.1.